The van der Waals surface area contributed by atoms with E-state index in [4.69, 9.17) is 27.9 Å². The van der Waals surface area contributed by atoms with E-state index >= 15 is 0 Å². The highest BCUT2D eigenvalue weighted by molar-refractivity contribution is 6.34. The van der Waals surface area contributed by atoms with E-state index in [9.17, 15) is 0 Å². The lowest BCUT2D eigenvalue weighted by Gasteiger charge is -2.20. The molecule has 0 aromatic heterocycles. The van der Waals surface area contributed by atoms with Gasteiger partial charge in [0.05, 0.1) is 0 Å². The topological polar surface area (TPSA) is 21.3 Å². The quantitative estimate of drug-likeness (QED) is 0.782. The molecular weight excluding hydrogens is 305 g/mol. The van der Waals surface area contributed by atoms with E-state index in [-0.39, 0.29) is 5.54 Å². The Labute approximate surface area is 136 Å². The minimum absolute atomic E-state index is 0.104. The highest BCUT2D eigenvalue weighted by atomic mass is 35.5. The minimum atomic E-state index is 0.104. The van der Waals surface area contributed by atoms with Gasteiger partial charge >= 0.3 is 0 Å². The van der Waals surface area contributed by atoms with Crippen molar-refractivity contribution in [2.75, 3.05) is 0 Å². The van der Waals surface area contributed by atoms with Gasteiger partial charge < -0.3 is 10.1 Å². The summed E-state index contributed by atoms with van der Waals surface area (Å²) in [6.45, 7) is 7.26. The van der Waals surface area contributed by atoms with E-state index in [2.05, 4.69) is 26.1 Å². The van der Waals surface area contributed by atoms with Gasteiger partial charge in [0.2, 0.25) is 0 Å². The van der Waals surface area contributed by atoms with Crippen LogP contribution >= 0.6 is 23.2 Å². The first-order valence-corrected chi connectivity index (χ1v) is 7.55. The molecule has 0 saturated heterocycles. The third kappa shape index (κ3) is 5.58. The van der Waals surface area contributed by atoms with Crippen LogP contribution in [0.1, 0.15) is 26.3 Å². The number of nitrogens with one attached hydrogen (secondary N) is 1. The summed E-state index contributed by atoms with van der Waals surface area (Å²) in [5, 5.41) is 4.56. The Bertz CT molecular complexity index is 583. The molecule has 2 aromatic rings. The number of hydrogen-bond donors (Lipinski definition) is 1. The van der Waals surface area contributed by atoms with E-state index < -0.39 is 0 Å². The number of hydrogen-bond acceptors (Lipinski definition) is 2. The lowest BCUT2D eigenvalue weighted by molar-refractivity contribution is 0.424. The molecule has 0 aliphatic rings. The molecule has 21 heavy (non-hydrogen) atoms. The fourth-order valence-corrected chi connectivity index (χ4v) is 2.27. The molecule has 0 radical (unpaired) electrons. The Morgan fingerprint density at radius 2 is 1.48 bits per heavy atom. The zero-order chi connectivity index (χ0) is 15.5. The van der Waals surface area contributed by atoms with Gasteiger partial charge in [-0.1, -0.05) is 35.3 Å². The molecule has 0 atom stereocenters. The Morgan fingerprint density at radius 3 is 2.00 bits per heavy atom. The summed E-state index contributed by atoms with van der Waals surface area (Å²) in [6.07, 6.45) is 0. The monoisotopic (exact) mass is 323 g/mol. The van der Waals surface area contributed by atoms with Crippen LogP contribution in [0.5, 0.6) is 11.5 Å². The van der Waals surface area contributed by atoms with Crippen LogP contribution < -0.4 is 10.1 Å². The largest absolute Gasteiger partial charge is 0.457 e. The molecule has 0 fully saturated rings. The second-order valence-electron chi connectivity index (χ2n) is 5.95. The van der Waals surface area contributed by atoms with E-state index in [1.54, 1.807) is 18.2 Å². The molecule has 4 heteroatoms. The molecule has 0 heterocycles. The van der Waals surface area contributed by atoms with Crippen LogP contribution in [0.2, 0.25) is 10.0 Å². The van der Waals surface area contributed by atoms with E-state index in [1.807, 2.05) is 24.3 Å². The average Bonchev–Trinajstić information content (AvgIpc) is 2.36. The van der Waals surface area contributed by atoms with Crippen molar-refractivity contribution in [3.05, 3.63) is 58.1 Å². The minimum Gasteiger partial charge on any atom is -0.457 e. The molecule has 112 valence electrons. The van der Waals surface area contributed by atoms with Gasteiger partial charge in [-0.2, -0.15) is 0 Å². The standard InChI is InChI=1S/C17H19Cl2NO/c1-17(2,3)20-11-12-4-6-15(7-5-12)21-16-9-13(18)8-14(19)10-16/h4-10,20H,11H2,1-3H3. The van der Waals surface area contributed by atoms with Crippen molar-refractivity contribution in [2.45, 2.75) is 32.9 Å². The molecule has 2 aromatic carbocycles. The van der Waals surface area contributed by atoms with Crippen LogP contribution in [0.4, 0.5) is 0 Å². The Hall–Kier alpha value is -1.22. The second-order valence-corrected chi connectivity index (χ2v) is 6.83. The van der Waals surface area contributed by atoms with Crippen molar-refractivity contribution in [1.29, 1.82) is 0 Å². The molecule has 0 aliphatic carbocycles. The number of halogens is 2. The van der Waals surface area contributed by atoms with Crippen LogP contribution in [0.3, 0.4) is 0 Å². The van der Waals surface area contributed by atoms with E-state index in [0.29, 0.717) is 15.8 Å². The van der Waals surface area contributed by atoms with Gasteiger partial charge in [0.15, 0.2) is 0 Å². The molecule has 0 bridgehead atoms. The van der Waals surface area contributed by atoms with Gasteiger partial charge in [0.25, 0.3) is 0 Å². The predicted octanol–water partition coefficient (Wildman–Crippen LogP) is 5.67. The molecule has 0 spiro atoms. The van der Waals surface area contributed by atoms with Crippen molar-refractivity contribution in [1.82, 2.24) is 5.32 Å². The fraction of sp³-hybridized carbons (Fsp3) is 0.294. The maximum absolute atomic E-state index is 5.95. The van der Waals surface area contributed by atoms with Crippen molar-refractivity contribution in [3.8, 4) is 11.5 Å². The maximum atomic E-state index is 5.95. The Balaban J connectivity index is 2.02. The summed E-state index contributed by atoms with van der Waals surface area (Å²) >= 11 is 11.9. The number of ether oxygens (including phenoxy) is 1. The average molecular weight is 324 g/mol. The molecule has 1 N–H and O–H groups in total. The van der Waals surface area contributed by atoms with Gasteiger partial charge in [0.1, 0.15) is 11.5 Å². The van der Waals surface area contributed by atoms with Crippen LogP contribution in [-0.2, 0) is 6.54 Å². The molecule has 2 rings (SSSR count). The summed E-state index contributed by atoms with van der Waals surface area (Å²) in [5.74, 6) is 1.39. The van der Waals surface area contributed by atoms with Crippen molar-refractivity contribution < 1.29 is 4.74 Å². The SMILES string of the molecule is CC(C)(C)NCc1ccc(Oc2cc(Cl)cc(Cl)c2)cc1. The zero-order valence-corrected chi connectivity index (χ0v) is 13.9. The fourth-order valence-electron chi connectivity index (χ4n) is 1.77. The molecule has 0 amide bonds. The zero-order valence-electron chi connectivity index (χ0n) is 12.4. The van der Waals surface area contributed by atoms with Crippen LogP contribution in [-0.4, -0.2) is 5.54 Å². The third-order valence-electron chi connectivity index (χ3n) is 2.82. The smallest absolute Gasteiger partial charge is 0.130 e. The lowest BCUT2D eigenvalue weighted by atomic mass is 10.1. The van der Waals surface area contributed by atoms with Gasteiger partial charge in [-0.15, -0.1) is 0 Å². The molecule has 0 saturated carbocycles. The second kappa shape index (κ2) is 6.69. The van der Waals surface area contributed by atoms with Crippen LogP contribution in [0, 0.1) is 0 Å². The van der Waals surface area contributed by atoms with Crippen molar-refractivity contribution >= 4 is 23.2 Å². The summed E-state index contributed by atoms with van der Waals surface area (Å²) in [5.41, 5.74) is 1.31. The first-order chi connectivity index (χ1) is 9.82. The highest BCUT2D eigenvalue weighted by Gasteiger charge is 2.08. The van der Waals surface area contributed by atoms with Crippen molar-refractivity contribution in [2.24, 2.45) is 0 Å². The predicted molar refractivity (Wildman–Crippen MR) is 89.6 cm³/mol. The van der Waals surface area contributed by atoms with E-state index in [0.717, 1.165) is 12.3 Å². The van der Waals surface area contributed by atoms with Crippen LogP contribution in [0.25, 0.3) is 0 Å². The van der Waals surface area contributed by atoms with Gasteiger partial charge in [0, 0.05) is 22.1 Å². The Kier molecular flexibility index (Phi) is 5.15. The normalized spacial score (nSPS) is 11.5. The number of rotatable bonds is 4. The first-order valence-electron chi connectivity index (χ1n) is 6.80. The molecule has 0 unspecified atom stereocenters. The van der Waals surface area contributed by atoms with Gasteiger partial charge in [-0.25, -0.2) is 0 Å². The summed E-state index contributed by atoms with van der Waals surface area (Å²) in [6, 6.07) is 13.1. The van der Waals surface area contributed by atoms with Crippen LogP contribution in [0.15, 0.2) is 42.5 Å². The summed E-state index contributed by atoms with van der Waals surface area (Å²) in [4.78, 5) is 0. The molecular formula is C17H19Cl2NO. The maximum Gasteiger partial charge on any atom is 0.130 e. The summed E-state index contributed by atoms with van der Waals surface area (Å²) in [7, 11) is 0. The summed E-state index contributed by atoms with van der Waals surface area (Å²) < 4.78 is 5.75. The molecule has 0 aliphatic heterocycles. The lowest BCUT2D eigenvalue weighted by Crippen LogP contribution is -2.34. The van der Waals surface area contributed by atoms with Gasteiger partial charge in [-0.3, -0.25) is 0 Å². The third-order valence-corrected chi connectivity index (χ3v) is 3.25. The highest BCUT2D eigenvalue weighted by Crippen LogP contribution is 2.28. The molecule has 2 nitrogen and oxygen atoms in total. The first kappa shape index (κ1) is 16.2. The number of benzene rings is 2. The van der Waals surface area contributed by atoms with Crippen molar-refractivity contribution in [3.63, 3.8) is 0 Å². The van der Waals surface area contributed by atoms with E-state index in [1.165, 1.54) is 5.56 Å². The Morgan fingerprint density at radius 1 is 0.905 bits per heavy atom. The van der Waals surface area contributed by atoms with Gasteiger partial charge in [-0.05, 0) is 56.7 Å².